The van der Waals surface area contributed by atoms with Crippen molar-refractivity contribution in [1.82, 2.24) is 20.6 Å². The van der Waals surface area contributed by atoms with Gasteiger partial charge < -0.3 is 39.9 Å². The summed E-state index contributed by atoms with van der Waals surface area (Å²) in [4.78, 5) is 127. The standard InChI is InChI=1S/C32H36F4N4O14P2/c33-31(34,55(48,49)50)22-7-3-20(4-8-22)16-24(41)2-1-14-39(29(46)18-26(43)38-19-30(47)54-40-27(44)11-12-28(40)45)15-13-37-25(42)17-21-5-9-23(10-6-21)32(35,36)56(51,52)53/h3-10H,1-2,11-19H2,(H,37,42)(H,38,43)(H2,48,49,50)(H2,51,52,53). The first-order valence-electron chi connectivity index (χ1n) is 16.4. The summed E-state index contributed by atoms with van der Waals surface area (Å²) in [7, 11) is -11.6. The molecule has 0 atom stereocenters. The number of Topliss-reactive ketones (excluding diaryl/α,β-unsaturated/α-hetero) is 1. The van der Waals surface area contributed by atoms with E-state index in [9.17, 15) is 60.3 Å². The number of hydrogen-bond acceptors (Lipinski definition) is 10. The molecule has 0 unspecified atom stereocenters. The molecule has 1 saturated heterocycles. The summed E-state index contributed by atoms with van der Waals surface area (Å²) < 4.78 is 77.9. The van der Waals surface area contributed by atoms with Gasteiger partial charge in [0.25, 0.3) is 11.8 Å². The van der Waals surface area contributed by atoms with Gasteiger partial charge in [0.15, 0.2) is 0 Å². The zero-order chi connectivity index (χ0) is 42.1. The molecule has 18 nitrogen and oxygen atoms in total. The second kappa shape index (κ2) is 18.9. The van der Waals surface area contributed by atoms with Crippen LogP contribution in [0, 0.1) is 0 Å². The fourth-order valence-electron chi connectivity index (χ4n) is 4.98. The number of rotatable bonds is 20. The Bertz CT molecular complexity index is 1810. The number of carbonyl (C=O) groups excluding carboxylic acids is 7. The topological polar surface area (TPSA) is 274 Å². The Kier molecular flexibility index (Phi) is 15.3. The van der Waals surface area contributed by atoms with Crippen molar-refractivity contribution >= 4 is 56.5 Å². The van der Waals surface area contributed by atoms with Crippen LogP contribution in [0.5, 0.6) is 0 Å². The maximum Gasteiger partial charge on any atom is 0.399 e. The molecule has 56 heavy (non-hydrogen) atoms. The van der Waals surface area contributed by atoms with E-state index >= 15 is 0 Å². The molecule has 1 fully saturated rings. The molecule has 5 amide bonds. The molecule has 2 aromatic rings. The third kappa shape index (κ3) is 12.6. The fourth-order valence-corrected chi connectivity index (χ4v) is 5.95. The van der Waals surface area contributed by atoms with E-state index in [1.807, 2.05) is 0 Å². The first-order valence-corrected chi connectivity index (χ1v) is 19.6. The number of hydrogen-bond donors (Lipinski definition) is 6. The third-order valence-corrected chi connectivity index (χ3v) is 9.96. The summed E-state index contributed by atoms with van der Waals surface area (Å²) >= 11 is 0. The quantitative estimate of drug-likeness (QED) is 0.0476. The smallest absolute Gasteiger partial charge is 0.354 e. The molecule has 24 heteroatoms. The molecule has 0 bridgehead atoms. The molecule has 0 saturated carbocycles. The number of imide groups is 1. The van der Waals surface area contributed by atoms with Crippen LogP contribution >= 0.6 is 15.2 Å². The minimum absolute atomic E-state index is 0.00428. The van der Waals surface area contributed by atoms with Crippen molar-refractivity contribution in [2.45, 2.75) is 56.3 Å². The first-order chi connectivity index (χ1) is 25.9. The molecule has 0 aromatic heterocycles. The number of benzene rings is 2. The monoisotopic (exact) mass is 838 g/mol. The van der Waals surface area contributed by atoms with Crippen molar-refractivity contribution < 1.29 is 84.7 Å². The number of ketones is 1. The van der Waals surface area contributed by atoms with Crippen molar-refractivity contribution in [3.63, 3.8) is 0 Å². The highest BCUT2D eigenvalue weighted by Crippen LogP contribution is 2.60. The van der Waals surface area contributed by atoms with Gasteiger partial charge in [0.05, 0.1) is 6.42 Å². The van der Waals surface area contributed by atoms with Gasteiger partial charge in [-0.3, -0.25) is 37.9 Å². The van der Waals surface area contributed by atoms with E-state index in [-0.39, 0.29) is 74.3 Å². The predicted octanol–water partition coefficient (Wildman–Crippen LogP) is 1.33. The number of hydroxylamine groups is 2. The summed E-state index contributed by atoms with van der Waals surface area (Å²) in [5, 5.41) is 4.84. The molecular formula is C32H36F4N4O14P2. The zero-order valence-electron chi connectivity index (χ0n) is 29.1. The molecule has 1 aliphatic rings. The molecule has 0 spiro atoms. The minimum atomic E-state index is -5.81. The fraction of sp³-hybridized carbons (Fsp3) is 0.406. The lowest BCUT2D eigenvalue weighted by Crippen LogP contribution is -2.42. The Morgan fingerprint density at radius 2 is 1.21 bits per heavy atom. The largest absolute Gasteiger partial charge is 0.399 e. The molecule has 6 N–H and O–H groups in total. The highest BCUT2D eigenvalue weighted by atomic mass is 31.2. The Balaban J connectivity index is 1.58. The normalized spacial score (nSPS) is 13.7. The third-order valence-electron chi connectivity index (χ3n) is 7.98. The van der Waals surface area contributed by atoms with Gasteiger partial charge in [-0.25, -0.2) is 4.79 Å². The molecule has 2 aromatic carbocycles. The van der Waals surface area contributed by atoms with Crippen LogP contribution in [0.1, 0.15) is 54.4 Å². The van der Waals surface area contributed by atoms with Crippen LogP contribution < -0.4 is 10.6 Å². The first kappa shape index (κ1) is 45.5. The second-order valence-electron chi connectivity index (χ2n) is 12.3. The average molecular weight is 839 g/mol. The van der Waals surface area contributed by atoms with Gasteiger partial charge in [0, 0.05) is 56.4 Å². The molecule has 1 aliphatic heterocycles. The molecule has 3 rings (SSSR count). The van der Waals surface area contributed by atoms with Crippen LogP contribution in [0.15, 0.2) is 48.5 Å². The highest BCUT2D eigenvalue weighted by molar-refractivity contribution is 7.52. The summed E-state index contributed by atoms with van der Waals surface area (Å²) in [5.41, 5.74) is -10.4. The summed E-state index contributed by atoms with van der Waals surface area (Å²) in [5.74, 6) is -5.57. The van der Waals surface area contributed by atoms with Crippen molar-refractivity contribution in [2.75, 3.05) is 26.2 Å². The number of amides is 5. The van der Waals surface area contributed by atoms with Crippen LogP contribution in [0.4, 0.5) is 17.6 Å². The predicted molar refractivity (Wildman–Crippen MR) is 181 cm³/mol. The van der Waals surface area contributed by atoms with Crippen molar-refractivity contribution in [3.05, 3.63) is 70.8 Å². The molecule has 1 heterocycles. The Morgan fingerprint density at radius 1 is 0.732 bits per heavy atom. The van der Waals surface area contributed by atoms with Gasteiger partial charge in [0.2, 0.25) is 17.7 Å². The number of alkyl halides is 4. The lowest BCUT2D eigenvalue weighted by molar-refractivity contribution is -0.196. The lowest BCUT2D eigenvalue weighted by Gasteiger charge is -2.23. The van der Waals surface area contributed by atoms with Crippen molar-refractivity contribution in [3.8, 4) is 0 Å². The van der Waals surface area contributed by atoms with Crippen LogP contribution in [-0.4, -0.2) is 97.0 Å². The molecule has 0 radical (unpaired) electrons. The minimum Gasteiger partial charge on any atom is -0.354 e. The Hall–Kier alpha value is -4.85. The van der Waals surface area contributed by atoms with Gasteiger partial charge in [-0.15, -0.1) is 5.06 Å². The summed E-state index contributed by atoms with van der Waals surface area (Å²) in [6, 6.07) is 7.35. The van der Waals surface area contributed by atoms with Crippen LogP contribution in [0.25, 0.3) is 0 Å². The Morgan fingerprint density at radius 3 is 1.70 bits per heavy atom. The van der Waals surface area contributed by atoms with Gasteiger partial charge >= 0.3 is 32.5 Å². The maximum absolute atomic E-state index is 13.9. The van der Waals surface area contributed by atoms with Crippen LogP contribution in [-0.2, 0) is 71.7 Å². The van der Waals surface area contributed by atoms with E-state index in [2.05, 4.69) is 15.5 Å². The van der Waals surface area contributed by atoms with E-state index in [0.717, 1.165) is 53.4 Å². The van der Waals surface area contributed by atoms with Gasteiger partial charge in [0.1, 0.15) is 18.7 Å². The SMILES string of the molecule is O=C(CCCN(CCNC(=O)Cc1ccc(C(F)(F)P(=O)(O)O)cc1)C(=O)CC(=O)NCC(=O)ON1C(=O)CCC1=O)Cc1ccc(C(F)(F)P(=O)(O)O)cc1. The van der Waals surface area contributed by atoms with Crippen molar-refractivity contribution in [2.24, 2.45) is 0 Å². The number of nitrogens with one attached hydrogen (secondary N) is 2. The number of halogens is 4. The van der Waals surface area contributed by atoms with Gasteiger partial charge in [-0.05, 0) is 17.5 Å². The number of carbonyl (C=O) groups is 7. The average Bonchev–Trinajstić information content (AvgIpc) is 3.41. The molecular weight excluding hydrogens is 802 g/mol. The van der Waals surface area contributed by atoms with Gasteiger partial charge in [-0.2, -0.15) is 17.6 Å². The molecule has 0 aliphatic carbocycles. The van der Waals surface area contributed by atoms with Crippen LogP contribution in [0.3, 0.4) is 0 Å². The summed E-state index contributed by atoms with van der Waals surface area (Å²) in [6.45, 7) is -1.42. The zero-order valence-corrected chi connectivity index (χ0v) is 30.9. The van der Waals surface area contributed by atoms with E-state index < -0.39 is 91.9 Å². The van der Waals surface area contributed by atoms with E-state index in [1.54, 1.807) is 0 Å². The lowest BCUT2D eigenvalue weighted by atomic mass is 10.0. The van der Waals surface area contributed by atoms with Gasteiger partial charge in [-0.1, -0.05) is 48.5 Å². The Labute approximate surface area is 314 Å². The second-order valence-corrected chi connectivity index (χ2v) is 15.6. The molecule has 306 valence electrons. The maximum atomic E-state index is 13.9. The van der Waals surface area contributed by atoms with E-state index in [4.69, 9.17) is 19.6 Å². The van der Waals surface area contributed by atoms with Crippen molar-refractivity contribution in [1.29, 1.82) is 0 Å². The number of nitrogens with zero attached hydrogens (tertiary/aromatic N) is 2. The highest BCUT2D eigenvalue weighted by Gasteiger charge is 2.51. The van der Waals surface area contributed by atoms with E-state index in [1.165, 1.54) is 0 Å². The van der Waals surface area contributed by atoms with E-state index in [0.29, 0.717) is 0 Å². The summed E-state index contributed by atoms with van der Waals surface area (Å²) in [6.07, 6.45) is -1.97. The van der Waals surface area contributed by atoms with Crippen LogP contribution in [0.2, 0.25) is 0 Å².